The number of hydrogen-bond acceptors (Lipinski definition) is 7. The molecule has 10 heteroatoms. The van der Waals surface area contributed by atoms with Gasteiger partial charge in [-0.3, -0.25) is 14.4 Å². The molecule has 0 bridgehead atoms. The van der Waals surface area contributed by atoms with Crippen molar-refractivity contribution in [2.45, 2.75) is 6.92 Å². The minimum absolute atomic E-state index is 0.124. The Balaban J connectivity index is 1.53. The third-order valence-corrected chi connectivity index (χ3v) is 5.82. The molecule has 1 aliphatic heterocycles. The number of halogens is 1. The number of amides is 3. The highest BCUT2D eigenvalue weighted by Gasteiger charge is 2.40. The van der Waals surface area contributed by atoms with E-state index in [1.165, 1.54) is 20.3 Å². The molecule has 2 N–H and O–H groups in total. The van der Waals surface area contributed by atoms with E-state index in [0.29, 0.717) is 40.8 Å². The maximum Gasteiger partial charge on any atom is 0.283 e. The van der Waals surface area contributed by atoms with Crippen LogP contribution in [-0.2, 0) is 9.59 Å². The monoisotopic (exact) mass is 521 g/mol. The fourth-order valence-corrected chi connectivity index (χ4v) is 3.90. The topological polar surface area (TPSA) is 106 Å². The predicted molar refractivity (Wildman–Crippen MR) is 141 cm³/mol. The largest absolute Gasteiger partial charge is 0.497 e. The van der Waals surface area contributed by atoms with Gasteiger partial charge in [0, 0.05) is 23.0 Å². The van der Waals surface area contributed by atoms with Gasteiger partial charge in [-0.2, -0.15) is 0 Å². The molecule has 190 valence electrons. The molecule has 0 aliphatic carbocycles. The van der Waals surface area contributed by atoms with E-state index in [1.807, 2.05) is 6.92 Å². The summed E-state index contributed by atoms with van der Waals surface area (Å²) in [6.07, 6.45) is 0. The Kier molecular flexibility index (Phi) is 7.64. The number of carbonyl (C=O) groups excluding carboxylic acids is 3. The van der Waals surface area contributed by atoms with Crippen molar-refractivity contribution in [1.82, 2.24) is 0 Å². The van der Waals surface area contributed by atoms with Crippen LogP contribution in [0.2, 0.25) is 0 Å². The summed E-state index contributed by atoms with van der Waals surface area (Å²) in [6, 6.07) is 18.2. The zero-order chi connectivity index (χ0) is 26.5. The van der Waals surface area contributed by atoms with E-state index in [2.05, 4.69) is 10.6 Å². The van der Waals surface area contributed by atoms with E-state index in [0.717, 1.165) is 4.90 Å². The number of nitrogens with one attached hydrogen (secondary N) is 2. The minimum atomic E-state index is -0.717. The molecule has 0 fully saturated rings. The number of nitrogens with zero attached hydrogens (tertiary/aromatic N) is 1. The summed E-state index contributed by atoms with van der Waals surface area (Å²) < 4.78 is 15.9. The summed E-state index contributed by atoms with van der Waals surface area (Å²) in [4.78, 5) is 39.9. The summed E-state index contributed by atoms with van der Waals surface area (Å²) in [6.45, 7) is 2.44. The number of hydrogen-bond donors (Lipinski definition) is 2. The number of methoxy groups -OCH3 is 2. The molecular formula is C27H24ClN3O6. The second-order valence-electron chi connectivity index (χ2n) is 7.79. The molecule has 3 aromatic rings. The maximum atomic E-state index is 13.2. The molecule has 0 radical (unpaired) electrons. The van der Waals surface area contributed by atoms with E-state index < -0.39 is 11.8 Å². The lowest BCUT2D eigenvalue weighted by Gasteiger charge is -2.19. The SMILES string of the molecule is CCOc1ccc(NC(=O)c2cccc(NC3=C(Cl)C(=O)N(c4cc(OC)ccc4OC)C3=O)c2)cc1. The summed E-state index contributed by atoms with van der Waals surface area (Å²) >= 11 is 6.28. The van der Waals surface area contributed by atoms with Crippen LogP contribution in [0.5, 0.6) is 17.2 Å². The maximum absolute atomic E-state index is 13.2. The van der Waals surface area contributed by atoms with Crippen molar-refractivity contribution in [2.24, 2.45) is 0 Å². The molecular weight excluding hydrogens is 498 g/mol. The Hall–Kier alpha value is -4.50. The highest BCUT2D eigenvalue weighted by atomic mass is 35.5. The Morgan fingerprint density at radius 3 is 2.30 bits per heavy atom. The summed E-state index contributed by atoms with van der Waals surface area (Å²) in [7, 11) is 2.89. The van der Waals surface area contributed by atoms with Gasteiger partial charge in [-0.15, -0.1) is 0 Å². The highest BCUT2D eigenvalue weighted by molar-refractivity contribution is 6.53. The van der Waals surface area contributed by atoms with Crippen LogP contribution in [0, 0.1) is 0 Å². The van der Waals surface area contributed by atoms with Crippen molar-refractivity contribution in [3.63, 3.8) is 0 Å². The van der Waals surface area contributed by atoms with Gasteiger partial charge < -0.3 is 24.8 Å². The standard InChI is InChI=1S/C27H24ClN3O6/c1-4-37-19-10-8-17(9-11-19)30-25(32)16-6-5-7-18(14-16)29-24-23(28)26(33)31(27(24)34)21-15-20(35-2)12-13-22(21)36-3/h5-15,29H,4H2,1-3H3,(H,30,32). The molecule has 0 saturated heterocycles. The van der Waals surface area contributed by atoms with Crippen LogP contribution in [-0.4, -0.2) is 38.5 Å². The Morgan fingerprint density at radius 1 is 0.892 bits per heavy atom. The first-order valence-corrected chi connectivity index (χ1v) is 11.7. The van der Waals surface area contributed by atoms with Crippen molar-refractivity contribution in [1.29, 1.82) is 0 Å². The van der Waals surface area contributed by atoms with E-state index in [1.54, 1.807) is 60.7 Å². The average Bonchev–Trinajstić information content (AvgIpc) is 3.12. The smallest absolute Gasteiger partial charge is 0.283 e. The molecule has 0 aromatic heterocycles. The van der Waals surface area contributed by atoms with Gasteiger partial charge in [0.2, 0.25) is 0 Å². The van der Waals surface area contributed by atoms with E-state index >= 15 is 0 Å². The normalized spacial score (nSPS) is 13.0. The van der Waals surface area contributed by atoms with Gasteiger partial charge in [-0.25, -0.2) is 4.90 Å². The van der Waals surface area contributed by atoms with E-state index in [9.17, 15) is 14.4 Å². The van der Waals surface area contributed by atoms with Gasteiger partial charge >= 0.3 is 0 Å². The molecule has 0 spiro atoms. The number of benzene rings is 3. The van der Waals surface area contributed by atoms with Crippen LogP contribution < -0.4 is 29.7 Å². The summed E-state index contributed by atoms with van der Waals surface area (Å²) in [5, 5.41) is 5.40. The lowest BCUT2D eigenvalue weighted by Crippen LogP contribution is -2.32. The van der Waals surface area contributed by atoms with Gasteiger partial charge in [-0.1, -0.05) is 17.7 Å². The van der Waals surface area contributed by atoms with Crippen molar-refractivity contribution in [3.05, 3.63) is 83.0 Å². The lowest BCUT2D eigenvalue weighted by molar-refractivity contribution is -0.120. The van der Waals surface area contributed by atoms with Crippen LogP contribution in [0.4, 0.5) is 17.1 Å². The van der Waals surface area contributed by atoms with Gasteiger partial charge in [0.05, 0.1) is 26.5 Å². The molecule has 3 aromatic carbocycles. The minimum Gasteiger partial charge on any atom is -0.497 e. The molecule has 0 atom stereocenters. The number of imide groups is 1. The van der Waals surface area contributed by atoms with Gasteiger partial charge in [0.25, 0.3) is 17.7 Å². The number of ether oxygens (including phenoxy) is 3. The number of rotatable bonds is 9. The Bertz CT molecular complexity index is 1390. The molecule has 0 saturated carbocycles. The van der Waals surface area contributed by atoms with Crippen LogP contribution in [0.15, 0.2) is 77.5 Å². The number of anilines is 3. The average molecular weight is 522 g/mol. The van der Waals surface area contributed by atoms with Crippen LogP contribution in [0.1, 0.15) is 17.3 Å². The van der Waals surface area contributed by atoms with Crippen LogP contribution >= 0.6 is 11.6 Å². The molecule has 9 nitrogen and oxygen atoms in total. The van der Waals surface area contributed by atoms with Gasteiger partial charge in [0.15, 0.2) is 0 Å². The first kappa shape index (κ1) is 25.6. The second-order valence-corrected chi connectivity index (χ2v) is 8.17. The van der Waals surface area contributed by atoms with Crippen LogP contribution in [0.25, 0.3) is 0 Å². The molecule has 0 unspecified atom stereocenters. The van der Waals surface area contributed by atoms with Crippen molar-refractivity contribution in [2.75, 3.05) is 36.4 Å². The Morgan fingerprint density at radius 2 is 1.62 bits per heavy atom. The highest BCUT2D eigenvalue weighted by Crippen LogP contribution is 2.38. The van der Waals surface area contributed by atoms with E-state index in [4.69, 9.17) is 25.8 Å². The molecule has 37 heavy (non-hydrogen) atoms. The van der Waals surface area contributed by atoms with Gasteiger partial charge in [0.1, 0.15) is 28.0 Å². The third-order valence-electron chi connectivity index (χ3n) is 5.47. The quantitative estimate of drug-likeness (QED) is 0.390. The van der Waals surface area contributed by atoms with Gasteiger partial charge in [-0.05, 0) is 61.5 Å². The fraction of sp³-hybridized carbons (Fsp3) is 0.148. The molecule has 3 amide bonds. The molecule has 1 heterocycles. The summed E-state index contributed by atoms with van der Waals surface area (Å²) in [5.41, 5.74) is 1.39. The molecule has 1 aliphatic rings. The van der Waals surface area contributed by atoms with E-state index in [-0.39, 0.29) is 22.3 Å². The summed E-state index contributed by atoms with van der Waals surface area (Å²) in [5.74, 6) is -0.324. The second kappa shape index (κ2) is 11.0. The Labute approximate surface area is 218 Å². The van der Waals surface area contributed by atoms with Crippen LogP contribution in [0.3, 0.4) is 0 Å². The fourth-order valence-electron chi connectivity index (χ4n) is 3.69. The van der Waals surface area contributed by atoms with Crippen molar-refractivity contribution >= 4 is 46.4 Å². The van der Waals surface area contributed by atoms with Crippen molar-refractivity contribution in [3.8, 4) is 17.2 Å². The number of carbonyl (C=O) groups is 3. The zero-order valence-corrected chi connectivity index (χ0v) is 21.1. The predicted octanol–water partition coefficient (Wildman–Crippen LogP) is 4.79. The molecule has 4 rings (SSSR count). The third kappa shape index (κ3) is 5.36. The zero-order valence-electron chi connectivity index (χ0n) is 20.3. The van der Waals surface area contributed by atoms with Crippen molar-refractivity contribution < 1.29 is 28.6 Å². The first-order chi connectivity index (χ1) is 17.9. The first-order valence-electron chi connectivity index (χ1n) is 11.3. The lowest BCUT2D eigenvalue weighted by atomic mass is 10.1.